The molecule has 0 radical (unpaired) electrons. The van der Waals surface area contributed by atoms with Gasteiger partial charge in [0.1, 0.15) is 10.8 Å². The number of ether oxygens (including phenoxy) is 1. The van der Waals surface area contributed by atoms with E-state index in [-0.39, 0.29) is 11.8 Å². The number of hydrogen-bond acceptors (Lipinski definition) is 6. The number of amides is 1. The number of anilines is 1. The van der Waals surface area contributed by atoms with Crippen LogP contribution in [0.3, 0.4) is 0 Å². The SMILES string of the molecule is COc1ccc(-c2nnc(NC(=O)[C@H]3CCN[C@@H](C)C3)s2)cc1. The molecule has 122 valence electrons. The second kappa shape index (κ2) is 7.06. The van der Waals surface area contributed by atoms with Gasteiger partial charge in [0.05, 0.1) is 7.11 Å². The molecule has 1 aliphatic heterocycles. The molecule has 0 saturated carbocycles. The van der Waals surface area contributed by atoms with Crippen molar-refractivity contribution in [2.75, 3.05) is 19.0 Å². The third kappa shape index (κ3) is 3.86. The molecule has 2 heterocycles. The van der Waals surface area contributed by atoms with Crippen LogP contribution in [0.2, 0.25) is 0 Å². The van der Waals surface area contributed by atoms with E-state index >= 15 is 0 Å². The highest BCUT2D eigenvalue weighted by Gasteiger charge is 2.25. The summed E-state index contributed by atoms with van der Waals surface area (Å²) in [5.74, 6) is 0.877. The van der Waals surface area contributed by atoms with E-state index in [2.05, 4.69) is 27.8 Å². The summed E-state index contributed by atoms with van der Waals surface area (Å²) in [6, 6.07) is 8.00. The molecule has 2 N–H and O–H groups in total. The fourth-order valence-electron chi connectivity index (χ4n) is 2.70. The Bertz CT molecular complexity index is 671. The van der Waals surface area contributed by atoms with E-state index in [1.807, 2.05) is 24.3 Å². The Morgan fingerprint density at radius 3 is 2.83 bits per heavy atom. The third-order valence-corrected chi connectivity index (χ3v) is 4.87. The minimum absolute atomic E-state index is 0.0378. The zero-order valence-corrected chi connectivity index (χ0v) is 14.0. The number of nitrogens with one attached hydrogen (secondary N) is 2. The summed E-state index contributed by atoms with van der Waals surface area (Å²) in [6.45, 7) is 2.98. The Balaban J connectivity index is 1.65. The van der Waals surface area contributed by atoms with Crippen LogP contribution < -0.4 is 15.4 Å². The number of benzene rings is 1. The average Bonchev–Trinajstić information content (AvgIpc) is 3.03. The summed E-state index contributed by atoms with van der Waals surface area (Å²) in [5, 5.41) is 15.8. The lowest BCUT2D eigenvalue weighted by molar-refractivity contribution is -0.120. The molecular formula is C16H20N4O2S. The molecule has 1 aliphatic rings. The molecule has 1 aromatic carbocycles. The molecule has 0 spiro atoms. The largest absolute Gasteiger partial charge is 0.497 e. The van der Waals surface area contributed by atoms with Gasteiger partial charge >= 0.3 is 0 Å². The topological polar surface area (TPSA) is 76.1 Å². The second-order valence-corrected chi connectivity index (χ2v) is 6.68. The van der Waals surface area contributed by atoms with Crippen LogP contribution in [-0.2, 0) is 4.79 Å². The van der Waals surface area contributed by atoms with Crippen molar-refractivity contribution in [3.8, 4) is 16.3 Å². The molecule has 1 saturated heterocycles. The molecule has 0 bridgehead atoms. The number of hydrogen-bond donors (Lipinski definition) is 2. The fourth-order valence-corrected chi connectivity index (χ4v) is 3.45. The van der Waals surface area contributed by atoms with Crippen molar-refractivity contribution in [1.82, 2.24) is 15.5 Å². The maximum absolute atomic E-state index is 12.3. The highest BCUT2D eigenvalue weighted by Crippen LogP contribution is 2.28. The van der Waals surface area contributed by atoms with Crippen molar-refractivity contribution in [2.24, 2.45) is 5.92 Å². The molecular weight excluding hydrogens is 312 g/mol. The number of aromatic nitrogens is 2. The van der Waals surface area contributed by atoms with Gasteiger partial charge < -0.3 is 15.4 Å². The number of rotatable bonds is 4. The molecule has 6 nitrogen and oxygen atoms in total. The Kier molecular flexibility index (Phi) is 4.88. The van der Waals surface area contributed by atoms with Gasteiger partial charge in [0.15, 0.2) is 0 Å². The molecule has 0 unspecified atom stereocenters. The van der Waals surface area contributed by atoms with Gasteiger partial charge in [-0.25, -0.2) is 0 Å². The van der Waals surface area contributed by atoms with Gasteiger partial charge in [0, 0.05) is 17.5 Å². The Hall–Kier alpha value is -1.99. The molecule has 1 fully saturated rings. The normalized spacial score (nSPS) is 21.0. The van der Waals surface area contributed by atoms with Crippen molar-refractivity contribution in [3.63, 3.8) is 0 Å². The van der Waals surface area contributed by atoms with E-state index in [0.717, 1.165) is 35.7 Å². The van der Waals surface area contributed by atoms with Crippen molar-refractivity contribution in [1.29, 1.82) is 0 Å². The standard InChI is InChI=1S/C16H20N4O2S/c1-10-9-12(7-8-17-10)14(21)18-16-20-19-15(23-16)11-3-5-13(22-2)6-4-11/h3-6,10,12,17H,7-9H2,1-2H3,(H,18,20,21)/t10-,12-/m0/s1. The number of piperidine rings is 1. The van der Waals surface area contributed by atoms with Crippen LogP contribution in [0.4, 0.5) is 5.13 Å². The molecule has 2 atom stereocenters. The maximum atomic E-state index is 12.3. The van der Waals surface area contributed by atoms with Crippen molar-refractivity contribution < 1.29 is 9.53 Å². The van der Waals surface area contributed by atoms with E-state index in [9.17, 15) is 4.79 Å². The van der Waals surface area contributed by atoms with E-state index in [1.54, 1.807) is 7.11 Å². The maximum Gasteiger partial charge on any atom is 0.229 e. The van der Waals surface area contributed by atoms with Crippen LogP contribution >= 0.6 is 11.3 Å². The Labute approximate surface area is 139 Å². The van der Waals surface area contributed by atoms with Crippen LogP contribution in [-0.4, -0.2) is 35.8 Å². The third-order valence-electron chi connectivity index (χ3n) is 3.99. The van der Waals surface area contributed by atoms with Gasteiger partial charge in [-0.3, -0.25) is 4.79 Å². The van der Waals surface area contributed by atoms with E-state index in [0.29, 0.717) is 11.2 Å². The minimum Gasteiger partial charge on any atom is -0.497 e. The number of methoxy groups -OCH3 is 1. The lowest BCUT2D eigenvalue weighted by atomic mass is 9.93. The van der Waals surface area contributed by atoms with E-state index < -0.39 is 0 Å². The predicted octanol–water partition coefficient (Wildman–Crippen LogP) is 2.54. The summed E-state index contributed by atoms with van der Waals surface area (Å²) >= 11 is 1.38. The van der Waals surface area contributed by atoms with E-state index in [4.69, 9.17) is 4.74 Å². The van der Waals surface area contributed by atoms with Gasteiger partial charge in [-0.05, 0) is 50.6 Å². The quantitative estimate of drug-likeness (QED) is 0.900. The highest BCUT2D eigenvalue weighted by atomic mass is 32.1. The first kappa shape index (κ1) is 15.9. The number of nitrogens with zero attached hydrogens (tertiary/aromatic N) is 2. The van der Waals surface area contributed by atoms with Crippen molar-refractivity contribution in [2.45, 2.75) is 25.8 Å². The van der Waals surface area contributed by atoms with Crippen molar-refractivity contribution >= 4 is 22.4 Å². The number of carbonyl (C=O) groups is 1. The first-order valence-corrected chi connectivity index (χ1v) is 8.49. The van der Waals surface area contributed by atoms with E-state index in [1.165, 1.54) is 11.3 Å². The smallest absolute Gasteiger partial charge is 0.229 e. The minimum atomic E-state index is 0.0378. The molecule has 23 heavy (non-hydrogen) atoms. The second-order valence-electron chi connectivity index (χ2n) is 5.71. The van der Waals surface area contributed by atoms with Gasteiger partial charge in [-0.1, -0.05) is 11.3 Å². The van der Waals surface area contributed by atoms with Crippen LogP contribution in [0.5, 0.6) is 5.75 Å². The summed E-state index contributed by atoms with van der Waals surface area (Å²) in [6.07, 6.45) is 1.72. The van der Waals surface area contributed by atoms with Crippen LogP contribution in [0.25, 0.3) is 10.6 Å². The summed E-state index contributed by atoms with van der Waals surface area (Å²) in [5.41, 5.74) is 0.958. The lowest BCUT2D eigenvalue weighted by Crippen LogP contribution is -2.40. The van der Waals surface area contributed by atoms with Crippen molar-refractivity contribution in [3.05, 3.63) is 24.3 Å². The van der Waals surface area contributed by atoms with Gasteiger partial charge in [0.2, 0.25) is 11.0 Å². The van der Waals surface area contributed by atoms with Crippen LogP contribution in [0.1, 0.15) is 19.8 Å². The summed E-state index contributed by atoms with van der Waals surface area (Å²) in [4.78, 5) is 12.3. The highest BCUT2D eigenvalue weighted by molar-refractivity contribution is 7.18. The zero-order valence-electron chi connectivity index (χ0n) is 13.2. The molecule has 1 amide bonds. The zero-order chi connectivity index (χ0) is 16.2. The van der Waals surface area contributed by atoms with Crippen LogP contribution in [0.15, 0.2) is 24.3 Å². The summed E-state index contributed by atoms with van der Waals surface area (Å²) < 4.78 is 5.14. The predicted molar refractivity (Wildman–Crippen MR) is 90.7 cm³/mol. The Morgan fingerprint density at radius 1 is 1.35 bits per heavy atom. The molecule has 7 heteroatoms. The molecule has 3 rings (SSSR count). The fraction of sp³-hybridized carbons (Fsp3) is 0.438. The van der Waals surface area contributed by atoms with Gasteiger partial charge in [-0.2, -0.15) is 0 Å². The van der Waals surface area contributed by atoms with Crippen LogP contribution in [0, 0.1) is 5.92 Å². The van der Waals surface area contributed by atoms with Gasteiger partial charge in [0.25, 0.3) is 0 Å². The average molecular weight is 332 g/mol. The Morgan fingerprint density at radius 2 is 2.13 bits per heavy atom. The molecule has 2 aromatic rings. The lowest BCUT2D eigenvalue weighted by Gasteiger charge is -2.26. The molecule has 0 aliphatic carbocycles. The monoisotopic (exact) mass is 332 g/mol. The number of carbonyl (C=O) groups excluding carboxylic acids is 1. The summed E-state index contributed by atoms with van der Waals surface area (Å²) in [7, 11) is 1.63. The molecule has 1 aromatic heterocycles. The first-order chi connectivity index (χ1) is 11.2. The van der Waals surface area contributed by atoms with Gasteiger partial charge in [-0.15, -0.1) is 10.2 Å². The first-order valence-electron chi connectivity index (χ1n) is 7.68.